The molecule has 0 radical (unpaired) electrons. The predicted octanol–water partition coefficient (Wildman–Crippen LogP) is 2.31. The molecule has 19 heavy (non-hydrogen) atoms. The molecule has 5 nitrogen and oxygen atoms in total. The molecule has 0 aliphatic carbocycles. The van der Waals surface area contributed by atoms with Gasteiger partial charge in [0.1, 0.15) is 17.8 Å². The second kappa shape index (κ2) is 5.55. The fourth-order valence-electron chi connectivity index (χ4n) is 2.19. The Kier molecular flexibility index (Phi) is 4.02. The number of carbonyl (C=O) groups excluding carboxylic acids is 1. The average Bonchev–Trinajstić information content (AvgIpc) is 2.37. The molecule has 0 aromatic carbocycles. The summed E-state index contributed by atoms with van der Waals surface area (Å²) in [5.74, 6) is 0.710. The van der Waals surface area contributed by atoms with E-state index in [2.05, 4.69) is 36.1 Å². The molecule has 1 aromatic rings. The Labute approximate surface area is 114 Å². The molecule has 2 rings (SSSR count). The van der Waals surface area contributed by atoms with Crippen LogP contribution >= 0.6 is 0 Å². The van der Waals surface area contributed by atoms with Crippen molar-refractivity contribution in [3.05, 3.63) is 18.1 Å². The summed E-state index contributed by atoms with van der Waals surface area (Å²) in [6, 6.07) is 1.74. The minimum absolute atomic E-state index is 0.0130. The Morgan fingerprint density at radius 3 is 2.53 bits per heavy atom. The maximum atomic E-state index is 12.3. The van der Waals surface area contributed by atoms with Crippen LogP contribution in [-0.2, 0) is 0 Å². The van der Waals surface area contributed by atoms with Crippen LogP contribution in [0.5, 0.6) is 0 Å². The average molecular weight is 262 g/mol. The monoisotopic (exact) mass is 262 g/mol. The highest BCUT2D eigenvalue weighted by atomic mass is 16.2. The number of likely N-dealkylation sites (tertiary alicyclic amines) is 1. The third kappa shape index (κ3) is 3.91. The first-order chi connectivity index (χ1) is 8.96. The van der Waals surface area contributed by atoms with Crippen molar-refractivity contribution >= 4 is 11.7 Å². The fraction of sp³-hybridized carbons (Fsp3) is 0.643. The predicted molar refractivity (Wildman–Crippen MR) is 75.2 cm³/mol. The van der Waals surface area contributed by atoms with Crippen molar-refractivity contribution in [1.29, 1.82) is 0 Å². The smallest absolute Gasteiger partial charge is 0.272 e. The molecule has 1 N–H and O–H groups in total. The van der Waals surface area contributed by atoms with Crippen LogP contribution in [0, 0.1) is 0 Å². The molecule has 1 aliphatic heterocycles. The number of aromatic nitrogens is 2. The molecule has 1 saturated heterocycles. The Balaban J connectivity index is 2.11. The third-order valence-corrected chi connectivity index (χ3v) is 3.03. The molecule has 1 aliphatic rings. The first-order valence-corrected chi connectivity index (χ1v) is 6.85. The molecule has 5 heteroatoms. The van der Waals surface area contributed by atoms with Crippen LogP contribution in [0.1, 0.15) is 50.5 Å². The van der Waals surface area contributed by atoms with Gasteiger partial charge in [-0.3, -0.25) is 4.79 Å². The van der Waals surface area contributed by atoms with Crippen molar-refractivity contribution in [2.75, 3.05) is 18.4 Å². The van der Waals surface area contributed by atoms with Gasteiger partial charge in [0.25, 0.3) is 5.91 Å². The lowest BCUT2D eigenvalue weighted by atomic mass is 10.1. The van der Waals surface area contributed by atoms with E-state index in [9.17, 15) is 4.79 Å². The maximum absolute atomic E-state index is 12.3. The van der Waals surface area contributed by atoms with Crippen molar-refractivity contribution < 1.29 is 4.79 Å². The number of piperidine rings is 1. The van der Waals surface area contributed by atoms with Crippen molar-refractivity contribution in [3.8, 4) is 0 Å². The van der Waals surface area contributed by atoms with E-state index in [0.29, 0.717) is 11.5 Å². The van der Waals surface area contributed by atoms with E-state index in [4.69, 9.17) is 0 Å². The lowest BCUT2D eigenvalue weighted by Crippen LogP contribution is -2.36. The first kappa shape index (κ1) is 13.8. The summed E-state index contributed by atoms with van der Waals surface area (Å²) in [6.45, 7) is 7.85. The van der Waals surface area contributed by atoms with Crippen LogP contribution in [-0.4, -0.2) is 39.4 Å². The molecule has 104 valence electrons. The van der Waals surface area contributed by atoms with Gasteiger partial charge in [0.2, 0.25) is 0 Å². The van der Waals surface area contributed by atoms with E-state index < -0.39 is 0 Å². The zero-order chi connectivity index (χ0) is 13.9. The molecule has 0 bridgehead atoms. The normalized spacial score (nSPS) is 16.3. The lowest BCUT2D eigenvalue weighted by Gasteiger charge is -2.26. The Bertz CT molecular complexity index is 447. The van der Waals surface area contributed by atoms with Crippen molar-refractivity contribution in [3.63, 3.8) is 0 Å². The lowest BCUT2D eigenvalue weighted by molar-refractivity contribution is 0.0718. The van der Waals surface area contributed by atoms with E-state index in [0.717, 1.165) is 25.9 Å². The van der Waals surface area contributed by atoms with Gasteiger partial charge >= 0.3 is 0 Å². The SMILES string of the molecule is CC(C)(C)Nc1cc(C(=O)N2CCCCC2)ncn1. The number of anilines is 1. The third-order valence-electron chi connectivity index (χ3n) is 3.03. The highest BCUT2D eigenvalue weighted by molar-refractivity contribution is 5.92. The van der Waals surface area contributed by atoms with Crippen molar-refractivity contribution in [1.82, 2.24) is 14.9 Å². The van der Waals surface area contributed by atoms with Crippen LogP contribution in [0.3, 0.4) is 0 Å². The minimum Gasteiger partial charge on any atom is -0.365 e. The molecule has 0 spiro atoms. The van der Waals surface area contributed by atoms with Crippen LogP contribution in [0.4, 0.5) is 5.82 Å². The molecular weight excluding hydrogens is 240 g/mol. The van der Waals surface area contributed by atoms with Gasteiger partial charge in [0, 0.05) is 24.7 Å². The molecule has 1 fully saturated rings. The highest BCUT2D eigenvalue weighted by Crippen LogP contribution is 2.15. The molecule has 0 unspecified atom stereocenters. The number of hydrogen-bond donors (Lipinski definition) is 1. The van der Waals surface area contributed by atoms with E-state index in [1.807, 2.05) is 4.90 Å². The standard InChI is InChI=1S/C14H22N4O/c1-14(2,3)17-12-9-11(15-10-16-12)13(19)18-7-5-4-6-8-18/h9-10H,4-8H2,1-3H3,(H,15,16,17). The molecule has 2 heterocycles. The summed E-state index contributed by atoms with van der Waals surface area (Å²) >= 11 is 0. The summed E-state index contributed by atoms with van der Waals surface area (Å²) in [5.41, 5.74) is 0.392. The minimum atomic E-state index is -0.0835. The molecule has 0 saturated carbocycles. The van der Waals surface area contributed by atoms with Crippen LogP contribution in [0.2, 0.25) is 0 Å². The number of carbonyl (C=O) groups is 1. The molecular formula is C14H22N4O. The van der Waals surface area contributed by atoms with Crippen molar-refractivity contribution in [2.45, 2.75) is 45.6 Å². The summed E-state index contributed by atoms with van der Waals surface area (Å²) in [5, 5.41) is 3.26. The summed E-state index contributed by atoms with van der Waals surface area (Å²) < 4.78 is 0. The molecule has 1 aromatic heterocycles. The van der Waals surface area contributed by atoms with Gasteiger partial charge in [0.05, 0.1) is 0 Å². The van der Waals surface area contributed by atoms with Crippen molar-refractivity contribution in [2.24, 2.45) is 0 Å². The summed E-state index contributed by atoms with van der Waals surface area (Å²) in [7, 11) is 0. The quantitative estimate of drug-likeness (QED) is 0.888. The van der Waals surface area contributed by atoms with Gasteiger partial charge in [-0.2, -0.15) is 0 Å². The molecule has 0 atom stereocenters. The van der Waals surface area contributed by atoms with E-state index in [1.54, 1.807) is 6.07 Å². The van der Waals surface area contributed by atoms with Gasteiger partial charge in [-0.15, -0.1) is 0 Å². The number of hydrogen-bond acceptors (Lipinski definition) is 4. The van der Waals surface area contributed by atoms with Gasteiger partial charge < -0.3 is 10.2 Å². The van der Waals surface area contributed by atoms with Gasteiger partial charge in [-0.05, 0) is 40.0 Å². The zero-order valence-electron chi connectivity index (χ0n) is 11.9. The second-order valence-electron chi connectivity index (χ2n) is 6.02. The largest absolute Gasteiger partial charge is 0.365 e. The van der Waals surface area contributed by atoms with E-state index in [1.165, 1.54) is 12.7 Å². The fourth-order valence-corrected chi connectivity index (χ4v) is 2.19. The molecule has 1 amide bonds. The zero-order valence-corrected chi connectivity index (χ0v) is 11.9. The van der Waals surface area contributed by atoms with Crippen LogP contribution in [0.15, 0.2) is 12.4 Å². The maximum Gasteiger partial charge on any atom is 0.272 e. The topological polar surface area (TPSA) is 58.1 Å². The Morgan fingerprint density at radius 2 is 1.89 bits per heavy atom. The summed E-state index contributed by atoms with van der Waals surface area (Å²) in [4.78, 5) is 22.5. The number of amides is 1. The van der Waals surface area contributed by atoms with E-state index >= 15 is 0 Å². The second-order valence-corrected chi connectivity index (χ2v) is 6.02. The highest BCUT2D eigenvalue weighted by Gasteiger charge is 2.20. The summed E-state index contributed by atoms with van der Waals surface area (Å²) in [6.07, 6.45) is 4.84. The van der Waals surface area contributed by atoms with Gasteiger partial charge in [-0.1, -0.05) is 0 Å². The Morgan fingerprint density at radius 1 is 1.21 bits per heavy atom. The number of nitrogens with one attached hydrogen (secondary N) is 1. The Hall–Kier alpha value is -1.65. The number of rotatable bonds is 2. The first-order valence-electron chi connectivity index (χ1n) is 6.85. The van der Waals surface area contributed by atoms with Crippen LogP contribution < -0.4 is 5.32 Å². The van der Waals surface area contributed by atoms with Crippen LogP contribution in [0.25, 0.3) is 0 Å². The number of nitrogens with zero attached hydrogens (tertiary/aromatic N) is 3. The van der Waals surface area contributed by atoms with Gasteiger partial charge in [0.15, 0.2) is 0 Å². The van der Waals surface area contributed by atoms with Gasteiger partial charge in [-0.25, -0.2) is 9.97 Å². The van der Waals surface area contributed by atoms with E-state index in [-0.39, 0.29) is 11.4 Å².